The van der Waals surface area contributed by atoms with Gasteiger partial charge in [0, 0.05) is 32.3 Å². The molecule has 0 aromatic heterocycles. The fourth-order valence-corrected chi connectivity index (χ4v) is 2.03. The summed E-state index contributed by atoms with van der Waals surface area (Å²) in [6, 6.07) is 7.57. The van der Waals surface area contributed by atoms with Crippen LogP contribution >= 0.6 is 24.0 Å². The van der Waals surface area contributed by atoms with Crippen LogP contribution in [0.25, 0.3) is 0 Å². The van der Waals surface area contributed by atoms with Crippen molar-refractivity contribution in [2.45, 2.75) is 33.2 Å². The minimum absolute atomic E-state index is 0. The summed E-state index contributed by atoms with van der Waals surface area (Å²) in [5, 5.41) is 9.31. The van der Waals surface area contributed by atoms with Crippen molar-refractivity contribution in [3.8, 4) is 0 Å². The number of carbonyl (C=O) groups is 1. The van der Waals surface area contributed by atoms with Gasteiger partial charge in [0.25, 0.3) is 5.91 Å². The van der Waals surface area contributed by atoms with Gasteiger partial charge in [-0.3, -0.25) is 4.79 Å². The first-order valence-electron chi connectivity index (χ1n) is 8.59. The second kappa shape index (κ2) is 14.9. The number of carbonyl (C=O) groups excluding carboxylic acids is 1. The summed E-state index contributed by atoms with van der Waals surface area (Å²) in [6.45, 7) is 7.55. The number of amides is 1. The number of methoxy groups -OCH3 is 1. The highest BCUT2D eigenvalue weighted by molar-refractivity contribution is 14.0. The molecule has 1 aromatic rings. The van der Waals surface area contributed by atoms with E-state index in [0.29, 0.717) is 25.3 Å². The summed E-state index contributed by atoms with van der Waals surface area (Å²) in [4.78, 5) is 16.5. The molecular formula is C18H31IN4O2. The number of halogens is 1. The van der Waals surface area contributed by atoms with Gasteiger partial charge in [-0.1, -0.05) is 25.5 Å². The quantitative estimate of drug-likeness (QED) is 0.216. The Bertz CT molecular complexity index is 506. The van der Waals surface area contributed by atoms with Crippen LogP contribution in [0, 0.1) is 0 Å². The molecule has 3 N–H and O–H groups in total. The van der Waals surface area contributed by atoms with E-state index in [1.54, 1.807) is 7.11 Å². The molecule has 25 heavy (non-hydrogen) atoms. The SMILES string of the molecule is CCCCNC(=O)c1ccc(CN=C(NCC)NCCOC)cc1.I. The standard InChI is InChI=1S/C18H30N4O2.HI/c1-4-6-11-20-17(23)16-9-7-15(8-10-16)14-22-18(19-5-2)21-12-13-24-3;/h7-10H,4-6,11-14H2,1-3H3,(H,20,23)(H2,19,21,22);1H. The van der Waals surface area contributed by atoms with Crippen LogP contribution in [0.3, 0.4) is 0 Å². The van der Waals surface area contributed by atoms with Crippen LogP contribution in [0.4, 0.5) is 0 Å². The van der Waals surface area contributed by atoms with Crippen molar-refractivity contribution in [3.05, 3.63) is 35.4 Å². The average Bonchev–Trinajstić information content (AvgIpc) is 2.60. The molecule has 1 amide bonds. The maximum atomic E-state index is 12.0. The highest BCUT2D eigenvalue weighted by Crippen LogP contribution is 2.06. The molecule has 0 aliphatic rings. The van der Waals surface area contributed by atoms with Gasteiger partial charge in [0.2, 0.25) is 0 Å². The Morgan fingerprint density at radius 1 is 1.08 bits per heavy atom. The first-order chi connectivity index (χ1) is 11.7. The largest absolute Gasteiger partial charge is 0.383 e. The molecule has 6 nitrogen and oxygen atoms in total. The van der Waals surface area contributed by atoms with Crippen LogP contribution in [0.2, 0.25) is 0 Å². The van der Waals surface area contributed by atoms with E-state index in [0.717, 1.165) is 37.5 Å². The normalized spacial score (nSPS) is 10.8. The van der Waals surface area contributed by atoms with Crippen LogP contribution in [0.1, 0.15) is 42.6 Å². The van der Waals surface area contributed by atoms with E-state index in [1.807, 2.05) is 31.2 Å². The Balaban J connectivity index is 0.00000576. The summed E-state index contributed by atoms with van der Waals surface area (Å²) < 4.78 is 5.02. The molecule has 7 heteroatoms. The topological polar surface area (TPSA) is 74.8 Å². The second-order valence-corrected chi connectivity index (χ2v) is 5.42. The third-order valence-corrected chi connectivity index (χ3v) is 3.39. The predicted octanol–water partition coefficient (Wildman–Crippen LogP) is 2.54. The van der Waals surface area contributed by atoms with Gasteiger partial charge in [-0.05, 0) is 31.0 Å². The average molecular weight is 462 g/mol. The minimum atomic E-state index is -0.0203. The summed E-state index contributed by atoms with van der Waals surface area (Å²) in [5.74, 6) is 0.740. The number of unbranched alkanes of at least 4 members (excludes halogenated alkanes) is 1. The minimum Gasteiger partial charge on any atom is -0.383 e. The number of benzene rings is 1. The molecule has 0 saturated heterocycles. The molecule has 0 fully saturated rings. The molecule has 0 saturated carbocycles. The van der Waals surface area contributed by atoms with E-state index in [-0.39, 0.29) is 29.9 Å². The molecule has 0 heterocycles. The fourth-order valence-electron chi connectivity index (χ4n) is 2.03. The van der Waals surface area contributed by atoms with E-state index < -0.39 is 0 Å². The highest BCUT2D eigenvalue weighted by Gasteiger charge is 2.04. The van der Waals surface area contributed by atoms with Crippen molar-refractivity contribution in [1.29, 1.82) is 0 Å². The Hall–Kier alpha value is -1.35. The van der Waals surface area contributed by atoms with Crippen molar-refractivity contribution in [3.63, 3.8) is 0 Å². The number of nitrogens with one attached hydrogen (secondary N) is 3. The van der Waals surface area contributed by atoms with E-state index in [9.17, 15) is 4.79 Å². The molecule has 0 radical (unpaired) electrons. The molecular weight excluding hydrogens is 431 g/mol. The third-order valence-electron chi connectivity index (χ3n) is 3.39. The van der Waals surface area contributed by atoms with Crippen LogP contribution < -0.4 is 16.0 Å². The number of guanidine groups is 1. The van der Waals surface area contributed by atoms with Crippen molar-refractivity contribution >= 4 is 35.8 Å². The molecule has 0 spiro atoms. The fraction of sp³-hybridized carbons (Fsp3) is 0.556. The molecule has 0 atom stereocenters. The van der Waals surface area contributed by atoms with Gasteiger partial charge in [0.15, 0.2) is 5.96 Å². The van der Waals surface area contributed by atoms with Gasteiger partial charge in [-0.25, -0.2) is 4.99 Å². The Kier molecular flexibility index (Phi) is 14.1. The molecule has 0 aliphatic carbocycles. The highest BCUT2D eigenvalue weighted by atomic mass is 127. The number of hydrogen-bond acceptors (Lipinski definition) is 3. The molecule has 0 aliphatic heterocycles. The molecule has 1 rings (SSSR count). The lowest BCUT2D eigenvalue weighted by Crippen LogP contribution is -2.38. The maximum Gasteiger partial charge on any atom is 0.251 e. The Morgan fingerprint density at radius 3 is 2.40 bits per heavy atom. The summed E-state index contributed by atoms with van der Waals surface area (Å²) in [5.41, 5.74) is 1.74. The first kappa shape index (κ1) is 23.6. The monoisotopic (exact) mass is 462 g/mol. The Labute approximate surface area is 168 Å². The smallest absolute Gasteiger partial charge is 0.251 e. The lowest BCUT2D eigenvalue weighted by atomic mass is 10.1. The summed E-state index contributed by atoms with van der Waals surface area (Å²) in [7, 11) is 1.67. The van der Waals surface area contributed by atoms with Gasteiger partial charge in [-0.15, -0.1) is 24.0 Å². The van der Waals surface area contributed by atoms with Gasteiger partial charge < -0.3 is 20.7 Å². The van der Waals surface area contributed by atoms with Crippen molar-refractivity contribution in [1.82, 2.24) is 16.0 Å². The lowest BCUT2D eigenvalue weighted by molar-refractivity contribution is 0.0953. The Morgan fingerprint density at radius 2 is 1.80 bits per heavy atom. The van der Waals surface area contributed by atoms with Crippen LogP contribution in [-0.2, 0) is 11.3 Å². The summed E-state index contributed by atoms with van der Waals surface area (Å²) in [6.07, 6.45) is 2.07. The molecule has 1 aromatic carbocycles. The van der Waals surface area contributed by atoms with Crippen LogP contribution in [0.5, 0.6) is 0 Å². The zero-order valence-corrected chi connectivity index (χ0v) is 17.8. The van der Waals surface area contributed by atoms with Gasteiger partial charge in [0.05, 0.1) is 13.2 Å². The zero-order chi connectivity index (χ0) is 17.6. The zero-order valence-electron chi connectivity index (χ0n) is 15.4. The number of aliphatic imine (C=N–C) groups is 1. The van der Waals surface area contributed by atoms with E-state index in [1.165, 1.54) is 0 Å². The molecule has 0 unspecified atom stereocenters. The van der Waals surface area contributed by atoms with Crippen LogP contribution in [0.15, 0.2) is 29.3 Å². The molecule has 142 valence electrons. The van der Waals surface area contributed by atoms with Crippen molar-refractivity contribution in [2.24, 2.45) is 4.99 Å². The van der Waals surface area contributed by atoms with E-state index in [4.69, 9.17) is 4.74 Å². The number of rotatable bonds is 10. The van der Waals surface area contributed by atoms with Gasteiger partial charge >= 0.3 is 0 Å². The van der Waals surface area contributed by atoms with E-state index >= 15 is 0 Å². The van der Waals surface area contributed by atoms with E-state index in [2.05, 4.69) is 27.9 Å². The number of ether oxygens (including phenoxy) is 1. The molecule has 0 bridgehead atoms. The summed E-state index contributed by atoms with van der Waals surface area (Å²) >= 11 is 0. The first-order valence-corrected chi connectivity index (χ1v) is 8.59. The van der Waals surface area contributed by atoms with Gasteiger partial charge in [-0.2, -0.15) is 0 Å². The van der Waals surface area contributed by atoms with Crippen molar-refractivity contribution in [2.75, 3.05) is 33.4 Å². The third kappa shape index (κ3) is 10.3. The van der Waals surface area contributed by atoms with Crippen LogP contribution in [-0.4, -0.2) is 45.2 Å². The maximum absolute atomic E-state index is 12.0. The number of hydrogen-bond donors (Lipinski definition) is 3. The number of nitrogens with zero attached hydrogens (tertiary/aromatic N) is 1. The predicted molar refractivity (Wildman–Crippen MR) is 114 cm³/mol. The lowest BCUT2D eigenvalue weighted by Gasteiger charge is -2.11. The van der Waals surface area contributed by atoms with Gasteiger partial charge in [0.1, 0.15) is 0 Å². The second-order valence-electron chi connectivity index (χ2n) is 5.42. The van der Waals surface area contributed by atoms with Crippen molar-refractivity contribution < 1.29 is 9.53 Å².